The molecule has 1 rings (SSSR count). The lowest BCUT2D eigenvalue weighted by molar-refractivity contribution is 0.490. The van der Waals surface area contributed by atoms with E-state index in [1.54, 1.807) is 0 Å². The van der Waals surface area contributed by atoms with Crippen LogP contribution in [0.15, 0.2) is 16.8 Å². The fourth-order valence-corrected chi connectivity index (χ4v) is 1.12. The van der Waals surface area contributed by atoms with Gasteiger partial charge in [-0.25, -0.2) is 0 Å². The number of allylic oxidation sites excluding steroid dienone is 2. The van der Waals surface area contributed by atoms with Crippen molar-refractivity contribution in [1.82, 2.24) is 0 Å². The van der Waals surface area contributed by atoms with Gasteiger partial charge in [-0.15, -0.1) is 0 Å². The van der Waals surface area contributed by atoms with E-state index < -0.39 is 0 Å². The van der Waals surface area contributed by atoms with E-state index in [0.717, 1.165) is 6.42 Å². The van der Waals surface area contributed by atoms with Gasteiger partial charge >= 0.3 is 0 Å². The topological polar surface area (TPSA) is 12.4 Å². The van der Waals surface area contributed by atoms with Crippen LogP contribution in [0, 0.1) is 11.3 Å². The second kappa shape index (κ2) is 2.80. The minimum Gasteiger partial charge on any atom is -0.265 e. The monoisotopic (exact) mass is 151 g/mol. The van der Waals surface area contributed by atoms with Gasteiger partial charge in [0, 0.05) is 17.3 Å². The molecule has 1 heteroatoms. The third-order valence-corrected chi connectivity index (χ3v) is 1.92. The molecule has 1 nitrogen and oxygen atoms in total. The number of aliphatic imine (C=N–C) groups is 1. The molecule has 1 heterocycles. The van der Waals surface area contributed by atoms with Crippen molar-refractivity contribution in [2.24, 2.45) is 16.3 Å². The Morgan fingerprint density at radius 1 is 1.45 bits per heavy atom. The molecule has 0 saturated heterocycles. The normalized spacial score (nSPS) is 25.1. The van der Waals surface area contributed by atoms with E-state index in [9.17, 15) is 0 Å². The van der Waals surface area contributed by atoms with Gasteiger partial charge < -0.3 is 0 Å². The van der Waals surface area contributed by atoms with Crippen LogP contribution in [0.1, 0.15) is 34.1 Å². The van der Waals surface area contributed by atoms with Crippen LogP contribution in [0.4, 0.5) is 0 Å². The van der Waals surface area contributed by atoms with Gasteiger partial charge in [-0.05, 0) is 12.3 Å². The van der Waals surface area contributed by atoms with Gasteiger partial charge in [-0.1, -0.05) is 33.8 Å². The van der Waals surface area contributed by atoms with Crippen LogP contribution in [0.3, 0.4) is 0 Å². The molecule has 0 aromatic carbocycles. The van der Waals surface area contributed by atoms with E-state index in [0.29, 0.717) is 5.92 Å². The molecule has 0 radical (unpaired) electrons. The molecule has 0 saturated carbocycles. The molecule has 0 N–H and O–H groups in total. The lowest BCUT2D eigenvalue weighted by atomic mass is 9.89. The largest absolute Gasteiger partial charge is 0.265 e. The second-order valence-corrected chi connectivity index (χ2v) is 4.33. The average molecular weight is 151 g/mol. The highest BCUT2D eigenvalue weighted by Gasteiger charge is 2.18. The van der Waals surface area contributed by atoms with Gasteiger partial charge in [0.1, 0.15) is 0 Å². The predicted molar refractivity (Wildman–Crippen MR) is 49.8 cm³/mol. The van der Waals surface area contributed by atoms with Crippen molar-refractivity contribution in [3.8, 4) is 0 Å². The van der Waals surface area contributed by atoms with Crippen LogP contribution in [0.5, 0.6) is 0 Å². The highest BCUT2D eigenvalue weighted by molar-refractivity contribution is 5.63. The lowest BCUT2D eigenvalue weighted by Crippen LogP contribution is -2.12. The first-order chi connectivity index (χ1) is 5.00. The zero-order chi connectivity index (χ0) is 8.48. The van der Waals surface area contributed by atoms with Crippen molar-refractivity contribution >= 4 is 6.21 Å². The third kappa shape index (κ3) is 2.18. The maximum atomic E-state index is 4.42. The van der Waals surface area contributed by atoms with Crippen LogP contribution in [-0.4, -0.2) is 6.21 Å². The van der Waals surface area contributed by atoms with E-state index in [2.05, 4.69) is 45.0 Å². The van der Waals surface area contributed by atoms with Crippen LogP contribution >= 0.6 is 0 Å². The Balaban J connectivity index is 2.71. The summed E-state index contributed by atoms with van der Waals surface area (Å²) in [6.45, 7) is 8.80. The molecular weight excluding hydrogens is 134 g/mol. The third-order valence-electron chi connectivity index (χ3n) is 1.92. The van der Waals surface area contributed by atoms with E-state index in [-0.39, 0.29) is 5.41 Å². The van der Waals surface area contributed by atoms with Crippen LogP contribution in [0.25, 0.3) is 0 Å². The maximum Gasteiger partial charge on any atom is 0.0413 e. The van der Waals surface area contributed by atoms with Crippen molar-refractivity contribution in [2.75, 3.05) is 0 Å². The maximum absolute atomic E-state index is 4.42. The van der Waals surface area contributed by atoms with Crippen LogP contribution < -0.4 is 0 Å². The smallest absolute Gasteiger partial charge is 0.0413 e. The van der Waals surface area contributed by atoms with Crippen LogP contribution in [0.2, 0.25) is 0 Å². The Bertz CT molecular complexity index is 193. The summed E-state index contributed by atoms with van der Waals surface area (Å²) in [6, 6.07) is 0. The first-order valence-electron chi connectivity index (χ1n) is 4.25. The van der Waals surface area contributed by atoms with E-state index in [1.165, 1.54) is 5.70 Å². The number of rotatable bonds is 0. The molecule has 11 heavy (non-hydrogen) atoms. The number of hydrogen-bond donors (Lipinski definition) is 0. The quantitative estimate of drug-likeness (QED) is 0.504. The Hall–Kier alpha value is -0.590. The van der Waals surface area contributed by atoms with E-state index in [4.69, 9.17) is 0 Å². The summed E-state index contributed by atoms with van der Waals surface area (Å²) in [7, 11) is 0. The number of nitrogens with zero attached hydrogens (tertiary/aromatic N) is 1. The van der Waals surface area contributed by atoms with Gasteiger partial charge in [0.05, 0.1) is 0 Å². The highest BCUT2D eigenvalue weighted by atomic mass is 14.8. The molecule has 0 bridgehead atoms. The molecule has 62 valence electrons. The van der Waals surface area contributed by atoms with Crippen molar-refractivity contribution < 1.29 is 0 Å². The van der Waals surface area contributed by atoms with Crippen molar-refractivity contribution in [2.45, 2.75) is 34.1 Å². The SMILES string of the molecule is CC1C=NC(C(C)(C)C)=CC1. The molecule has 0 fully saturated rings. The zero-order valence-corrected chi connectivity index (χ0v) is 7.89. The standard InChI is InChI=1S/C10H17N/c1-8-5-6-9(11-7-8)10(2,3)4/h6-8H,5H2,1-4H3. The fourth-order valence-electron chi connectivity index (χ4n) is 1.12. The summed E-state index contributed by atoms with van der Waals surface area (Å²) in [5, 5.41) is 0. The Morgan fingerprint density at radius 2 is 2.09 bits per heavy atom. The molecule has 1 aliphatic heterocycles. The summed E-state index contributed by atoms with van der Waals surface area (Å²) in [5.74, 6) is 0.626. The van der Waals surface area contributed by atoms with Gasteiger partial charge in [-0.2, -0.15) is 0 Å². The summed E-state index contributed by atoms with van der Waals surface area (Å²) in [4.78, 5) is 4.42. The van der Waals surface area contributed by atoms with E-state index >= 15 is 0 Å². The summed E-state index contributed by atoms with van der Waals surface area (Å²) >= 11 is 0. The Labute approximate surface area is 69.2 Å². The zero-order valence-electron chi connectivity index (χ0n) is 7.89. The molecule has 0 aromatic rings. The Morgan fingerprint density at radius 3 is 2.45 bits per heavy atom. The predicted octanol–water partition coefficient (Wildman–Crippen LogP) is 3.03. The molecule has 0 aliphatic carbocycles. The minimum absolute atomic E-state index is 0.219. The average Bonchev–Trinajstić information content (AvgIpc) is 1.86. The van der Waals surface area contributed by atoms with Crippen molar-refractivity contribution in [1.29, 1.82) is 0 Å². The highest BCUT2D eigenvalue weighted by Crippen LogP contribution is 2.29. The molecule has 1 atom stereocenters. The molecule has 0 aromatic heterocycles. The van der Waals surface area contributed by atoms with E-state index in [1.807, 2.05) is 0 Å². The minimum atomic E-state index is 0.219. The first kappa shape index (κ1) is 8.51. The second-order valence-electron chi connectivity index (χ2n) is 4.33. The van der Waals surface area contributed by atoms with Crippen molar-refractivity contribution in [3.63, 3.8) is 0 Å². The fraction of sp³-hybridized carbons (Fsp3) is 0.700. The molecule has 0 amide bonds. The van der Waals surface area contributed by atoms with Gasteiger partial charge in [-0.3, -0.25) is 4.99 Å². The van der Waals surface area contributed by atoms with Gasteiger partial charge in [0.25, 0.3) is 0 Å². The molecule has 1 aliphatic rings. The molecule has 1 unspecified atom stereocenters. The molecular formula is C10H17N. The summed E-state index contributed by atoms with van der Waals surface area (Å²) in [5.41, 5.74) is 1.45. The summed E-state index contributed by atoms with van der Waals surface area (Å²) in [6.07, 6.45) is 5.46. The van der Waals surface area contributed by atoms with Gasteiger partial charge in [0.2, 0.25) is 0 Å². The molecule has 0 spiro atoms. The Kier molecular flexibility index (Phi) is 2.17. The summed E-state index contributed by atoms with van der Waals surface area (Å²) < 4.78 is 0. The first-order valence-corrected chi connectivity index (χ1v) is 4.25. The number of hydrogen-bond acceptors (Lipinski definition) is 1. The van der Waals surface area contributed by atoms with Crippen LogP contribution in [-0.2, 0) is 0 Å². The van der Waals surface area contributed by atoms with Gasteiger partial charge in [0.15, 0.2) is 0 Å². The van der Waals surface area contributed by atoms with Crippen molar-refractivity contribution in [3.05, 3.63) is 11.8 Å². The lowest BCUT2D eigenvalue weighted by Gasteiger charge is -2.22.